The highest BCUT2D eigenvalue weighted by Gasteiger charge is 2.06. The molecule has 0 fully saturated rings. The minimum absolute atomic E-state index is 0.0323. The molecule has 0 aliphatic rings. The molecule has 104 valence electrons. The zero-order valence-electron chi connectivity index (χ0n) is 11.2. The number of halogens is 1. The van der Waals surface area contributed by atoms with Crippen molar-refractivity contribution < 1.29 is 9.53 Å². The van der Waals surface area contributed by atoms with E-state index < -0.39 is 0 Å². The highest BCUT2D eigenvalue weighted by Crippen LogP contribution is 2.25. The van der Waals surface area contributed by atoms with Gasteiger partial charge >= 0.3 is 0 Å². The molecule has 20 heavy (non-hydrogen) atoms. The van der Waals surface area contributed by atoms with E-state index in [0.29, 0.717) is 23.7 Å². The van der Waals surface area contributed by atoms with Crippen molar-refractivity contribution in [1.29, 1.82) is 0 Å². The summed E-state index contributed by atoms with van der Waals surface area (Å²) in [7, 11) is 1.56. The first-order chi connectivity index (χ1) is 9.69. The Morgan fingerprint density at radius 3 is 2.55 bits per heavy atom. The number of rotatable bonds is 5. The van der Waals surface area contributed by atoms with Crippen LogP contribution in [0.3, 0.4) is 0 Å². The zero-order valence-corrected chi connectivity index (χ0v) is 12.0. The molecule has 2 aromatic carbocycles. The van der Waals surface area contributed by atoms with Crippen LogP contribution in [0.4, 0.5) is 0 Å². The van der Waals surface area contributed by atoms with Gasteiger partial charge in [0.15, 0.2) is 0 Å². The molecule has 0 saturated carbocycles. The molecule has 0 bridgehead atoms. The number of benzene rings is 2. The maximum Gasteiger partial charge on any atom is 0.224 e. The Morgan fingerprint density at radius 2 is 1.90 bits per heavy atom. The summed E-state index contributed by atoms with van der Waals surface area (Å²) >= 11 is 6.03. The summed E-state index contributed by atoms with van der Waals surface area (Å²) in [5.74, 6) is 0.579. The minimum atomic E-state index is -0.0323. The van der Waals surface area contributed by atoms with Crippen LogP contribution in [0, 0.1) is 0 Å². The topological polar surface area (TPSA) is 38.3 Å². The van der Waals surface area contributed by atoms with Gasteiger partial charge in [0, 0.05) is 6.54 Å². The lowest BCUT2D eigenvalue weighted by molar-refractivity contribution is -0.120. The fraction of sp³-hybridized carbons (Fsp3) is 0.188. The Morgan fingerprint density at radius 1 is 1.15 bits per heavy atom. The smallest absolute Gasteiger partial charge is 0.224 e. The molecule has 1 amide bonds. The van der Waals surface area contributed by atoms with Crippen LogP contribution in [0.2, 0.25) is 5.02 Å². The van der Waals surface area contributed by atoms with Crippen molar-refractivity contribution in [2.45, 2.75) is 13.0 Å². The first-order valence-electron chi connectivity index (χ1n) is 6.32. The Kier molecular flexibility index (Phi) is 5.02. The fourth-order valence-electron chi connectivity index (χ4n) is 1.86. The van der Waals surface area contributed by atoms with Crippen molar-refractivity contribution in [3.8, 4) is 5.75 Å². The van der Waals surface area contributed by atoms with Gasteiger partial charge in [-0.05, 0) is 23.3 Å². The van der Waals surface area contributed by atoms with Gasteiger partial charge in [-0.2, -0.15) is 0 Å². The maximum atomic E-state index is 11.9. The Bertz CT molecular complexity index is 584. The number of carbonyl (C=O) groups is 1. The van der Waals surface area contributed by atoms with Gasteiger partial charge in [0.25, 0.3) is 0 Å². The number of methoxy groups -OCH3 is 1. The summed E-state index contributed by atoms with van der Waals surface area (Å²) in [6.07, 6.45) is 0.302. The molecule has 0 atom stereocenters. The molecule has 0 aromatic heterocycles. The van der Waals surface area contributed by atoms with Gasteiger partial charge in [0.1, 0.15) is 5.75 Å². The van der Waals surface area contributed by atoms with E-state index in [1.165, 1.54) is 0 Å². The van der Waals surface area contributed by atoms with Crippen molar-refractivity contribution in [1.82, 2.24) is 5.32 Å². The molecule has 0 spiro atoms. The average Bonchev–Trinajstić information content (AvgIpc) is 2.46. The van der Waals surface area contributed by atoms with E-state index in [4.69, 9.17) is 16.3 Å². The lowest BCUT2D eigenvalue weighted by Crippen LogP contribution is -2.24. The van der Waals surface area contributed by atoms with Crippen molar-refractivity contribution in [3.05, 3.63) is 64.7 Å². The number of carbonyl (C=O) groups excluding carboxylic acids is 1. The molecule has 0 aliphatic heterocycles. The van der Waals surface area contributed by atoms with Crippen LogP contribution in [0.1, 0.15) is 11.1 Å². The van der Waals surface area contributed by atoms with E-state index in [-0.39, 0.29) is 5.91 Å². The first-order valence-corrected chi connectivity index (χ1v) is 6.70. The van der Waals surface area contributed by atoms with Crippen molar-refractivity contribution in [3.63, 3.8) is 0 Å². The summed E-state index contributed by atoms with van der Waals surface area (Å²) in [5, 5.41) is 3.40. The molecular weight excluding hydrogens is 274 g/mol. The molecule has 2 aromatic rings. The van der Waals surface area contributed by atoms with Gasteiger partial charge in [0.2, 0.25) is 5.91 Å². The lowest BCUT2D eigenvalue weighted by Gasteiger charge is -2.07. The van der Waals surface area contributed by atoms with Gasteiger partial charge in [-0.15, -0.1) is 0 Å². The summed E-state index contributed by atoms with van der Waals surface area (Å²) in [4.78, 5) is 11.9. The van der Waals surface area contributed by atoms with Gasteiger partial charge in [-0.25, -0.2) is 0 Å². The van der Waals surface area contributed by atoms with Crippen molar-refractivity contribution in [2.75, 3.05) is 7.11 Å². The number of hydrogen-bond donors (Lipinski definition) is 1. The molecule has 0 radical (unpaired) electrons. The molecule has 0 heterocycles. The predicted molar refractivity (Wildman–Crippen MR) is 80.0 cm³/mol. The van der Waals surface area contributed by atoms with Gasteiger partial charge in [-0.1, -0.05) is 48.0 Å². The summed E-state index contributed by atoms with van der Waals surface area (Å²) in [6.45, 7) is 0.531. The van der Waals surface area contributed by atoms with Crippen LogP contribution in [0.5, 0.6) is 5.75 Å². The predicted octanol–water partition coefficient (Wildman–Crippen LogP) is 3.21. The second-order valence-corrected chi connectivity index (χ2v) is 4.82. The van der Waals surface area contributed by atoms with Crippen LogP contribution in [-0.4, -0.2) is 13.0 Å². The molecule has 4 heteroatoms. The molecular formula is C16H16ClNO2. The molecule has 0 unspecified atom stereocenters. The van der Waals surface area contributed by atoms with Crippen LogP contribution >= 0.6 is 11.6 Å². The van der Waals surface area contributed by atoms with Crippen molar-refractivity contribution >= 4 is 17.5 Å². The molecule has 2 rings (SSSR count). The monoisotopic (exact) mass is 289 g/mol. The Hall–Kier alpha value is -2.00. The highest BCUT2D eigenvalue weighted by molar-refractivity contribution is 6.32. The van der Waals surface area contributed by atoms with Crippen LogP contribution in [-0.2, 0) is 17.8 Å². The van der Waals surface area contributed by atoms with Crippen LogP contribution < -0.4 is 10.1 Å². The zero-order chi connectivity index (χ0) is 14.4. The SMILES string of the molecule is COc1ccc(CC(=O)NCc2ccccc2)cc1Cl. The molecule has 0 aliphatic carbocycles. The minimum Gasteiger partial charge on any atom is -0.495 e. The number of amides is 1. The first kappa shape index (κ1) is 14.4. The quantitative estimate of drug-likeness (QED) is 0.918. The second-order valence-electron chi connectivity index (χ2n) is 4.41. The van der Waals surface area contributed by atoms with E-state index >= 15 is 0 Å². The second kappa shape index (κ2) is 6.96. The molecule has 1 N–H and O–H groups in total. The third-order valence-corrected chi connectivity index (χ3v) is 3.21. The standard InChI is InChI=1S/C16H16ClNO2/c1-20-15-8-7-13(9-14(15)17)10-16(19)18-11-12-5-3-2-4-6-12/h2-9H,10-11H2,1H3,(H,18,19). The Labute approximate surface area is 123 Å². The number of hydrogen-bond acceptors (Lipinski definition) is 2. The summed E-state index contributed by atoms with van der Waals surface area (Å²) in [5.41, 5.74) is 1.94. The normalized spacial score (nSPS) is 10.1. The van der Waals surface area contributed by atoms with E-state index in [9.17, 15) is 4.79 Å². The van der Waals surface area contributed by atoms with E-state index in [2.05, 4.69) is 5.32 Å². The fourth-order valence-corrected chi connectivity index (χ4v) is 2.14. The van der Waals surface area contributed by atoms with Gasteiger partial charge < -0.3 is 10.1 Å². The molecule has 3 nitrogen and oxygen atoms in total. The van der Waals surface area contributed by atoms with E-state index in [0.717, 1.165) is 11.1 Å². The van der Waals surface area contributed by atoms with Gasteiger partial charge in [0.05, 0.1) is 18.6 Å². The van der Waals surface area contributed by atoms with E-state index in [1.807, 2.05) is 36.4 Å². The summed E-state index contributed by atoms with van der Waals surface area (Å²) in [6, 6.07) is 15.2. The van der Waals surface area contributed by atoms with E-state index in [1.54, 1.807) is 19.2 Å². The maximum absolute atomic E-state index is 11.9. The lowest BCUT2D eigenvalue weighted by atomic mass is 10.1. The Balaban J connectivity index is 1.90. The number of nitrogens with one attached hydrogen (secondary N) is 1. The van der Waals surface area contributed by atoms with Crippen molar-refractivity contribution in [2.24, 2.45) is 0 Å². The highest BCUT2D eigenvalue weighted by atomic mass is 35.5. The van der Waals surface area contributed by atoms with Crippen LogP contribution in [0.15, 0.2) is 48.5 Å². The average molecular weight is 290 g/mol. The largest absolute Gasteiger partial charge is 0.495 e. The third-order valence-electron chi connectivity index (χ3n) is 2.91. The summed E-state index contributed by atoms with van der Waals surface area (Å²) < 4.78 is 5.08. The molecule has 0 saturated heterocycles. The third kappa shape index (κ3) is 4.00. The van der Waals surface area contributed by atoms with Gasteiger partial charge in [-0.3, -0.25) is 4.79 Å². The number of ether oxygens (including phenoxy) is 1. The van der Waals surface area contributed by atoms with Crippen LogP contribution in [0.25, 0.3) is 0 Å².